The molecule has 4 rings (SSSR count). The third kappa shape index (κ3) is 3.56. The van der Waals surface area contributed by atoms with Gasteiger partial charge in [0.1, 0.15) is 17.2 Å². The number of hydrogen-bond donors (Lipinski definition) is 2. The Labute approximate surface area is 155 Å². The molecule has 0 saturated carbocycles. The first-order valence-corrected chi connectivity index (χ1v) is 8.08. The van der Waals surface area contributed by atoms with Crippen LogP contribution in [0, 0.1) is 5.82 Å². The summed E-state index contributed by atoms with van der Waals surface area (Å²) in [5.41, 5.74) is 1.62. The van der Waals surface area contributed by atoms with E-state index in [-0.39, 0.29) is 11.9 Å². The summed E-state index contributed by atoms with van der Waals surface area (Å²) in [6, 6.07) is 3.83. The van der Waals surface area contributed by atoms with Gasteiger partial charge in [0.25, 0.3) is 0 Å². The number of alkyl halides is 2. The molecule has 0 aliphatic carbocycles. The number of aromatic nitrogens is 7. The smallest absolute Gasteiger partial charge is 0.388 e. The maximum atomic E-state index is 13.1. The van der Waals surface area contributed by atoms with E-state index in [0.717, 1.165) is 6.20 Å². The molecule has 2 N–H and O–H groups in total. The normalized spacial score (nSPS) is 12.5. The third-order valence-electron chi connectivity index (χ3n) is 3.87. The van der Waals surface area contributed by atoms with Gasteiger partial charge >= 0.3 is 6.61 Å². The second-order valence-corrected chi connectivity index (χ2v) is 5.75. The van der Waals surface area contributed by atoms with Gasteiger partial charge in [-0.1, -0.05) is 0 Å². The van der Waals surface area contributed by atoms with E-state index in [2.05, 4.69) is 40.3 Å². The van der Waals surface area contributed by atoms with E-state index in [1.807, 2.05) is 6.92 Å². The van der Waals surface area contributed by atoms with Crippen molar-refractivity contribution in [2.45, 2.75) is 19.6 Å². The van der Waals surface area contributed by atoms with Gasteiger partial charge in [0.05, 0.1) is 30.3 Å². The molecule has 0 amide bonds. The topological polar surface area (TPSA) is 106 Å². The Kier molecular flexibility index (Phi) is 4.51. The summed E-state index contributed by atoms with van der Waals surface area (Å²) in [6.45, 7) is -1.12. The Morgan fingerprint density at radius 2 is 2.04 bits per heavy atom. The van der Waals surface area contributed by atoms with E-state index in [0.29, 0.717) is 28.5 Å². The van der Waals surface area contributed by atoms with Gasteiger partial charge in [0.2, 0.25) is 5.88 Å². The quantitative estimate of drug-likeness (QED) is 0.521. The molecule has 0 fully saturated rings. The molecular weight excluding hydrogens is 377 g/mol. The van der Waals surface area contributed by atoms with Crippen LogP contribution in [-0.4, -0.2) is 41.5 Å². The number of nitrogens with zero attached hydrogens (tertiary/aromatic N) is 6. The van der Waals surface area contributed by atoms with Gasteiger partial charge in [-0.15, -0.1) is 5.10 Å². The van der Waals surface area contributed by atoms with Crippen LogP contribution in [0.15, 0.2) is 36.8 Å². The van der Waals surface area contributed by atoms with E-state index in [1.165, 1.54) is 18.3 Å². The Bertz CT molecular complexity index is 1090. The van der Waals surface area contributed by atoms with E-state index in [4.69, 9.17) is 0 Å². The number of nitrogens with one attached hydrogen (secondary N) is 2. The van der Waals surface area contributed by atoms with Crippen LogP contribution in [0.4, 0.5) is 24.8 Å². The number of anilines is 2. The summed E-state index contributed by atoms with van der Waals surface area (Å²) in [6.07, 6.45) is 4.15. The number of pyridine rings is 1. The summed E-state index contributed by atoms with van der Waals surface area (Å²) >= 11 is 0. The summed E-state index contributed by atoms with van der Waals surface area (Å²) in [5.74, 6) is -0.0562. The highest BCUT2D eigenvalue weighted by Gasteiger charge is 2.16. The lowest BCUT2D eigenvalue weighted by molar-refractivity contribution is -0.0528. The monoisotopic (exact) mass is 390 g/mol. The van der Waals surface area contributed by atoms with Gasteiger partial charge in [-0.2, -0.15) is 13.9 Å². The van der Waals surface area contributed by atoms with Crippen LogP contribution in [0.2, 0.25) is 0 Å². The molecule has 0 bridgehead atoms. The standard InChI is InChI=1S/C16H13F3N8O/c1-8(10-3-2-9(17)5-20-10)27-15-11(6-22-27)21-7-13(24-15)23-12-4-14(26-25-12)28-16(18)19/h2-8,16H,1H3,(H2,23,24,25,26). The number of fused-ring (bicyclic) bond motifs is 1. The van der Waals surface area contributed by atoms with Gasteiger partial charge < -0.3 is 10.1 Å². The SMILES string of the molecule is CC(c1ccc(F)cn1)n1ncc2ncc(Nc3cc(OC(F)F)n[nH]3)nc21. The molecule has 0 aromatic carbocycles. The second-order valence-electron chi connectivity index (χ2n) is 5.75. The van der Waals surface area contributed by atoms with E-state index in [9.17, 15) is 13.2 Å². The zero-order valence-electron chi connectivity index (χ0n) is 14.3. The van der Waals surface area contributed by atoms with Crippen LogP contribution < -0.4 is 10.1 Å². The van der Waals surface area contributed by atoms with Crippen molar-refractivity contribution in [1.29, 1.82) is 0 Å². The first-order valence-electron chi connectivity index (χ1n) is 8.08. The van der Waals surface area contributed by atoms with E-state index >= 15 is 0 Å². The van der Waals surface area contributed by atoms with Crippen LogP contribution in [0.3, 0.4) is 0 Å². The molecular formula is C16H13F3N8O. The van der Waals surface area contributed by atoms with Crippen LogP contribution in [-0.2, 0) is 0 Å². The van der Waals surface area contributed by atoms with Crippen molar-refractivity contribution in [1.82, 2.24) is 34.9 Å². The highest BCUT2D eigenvalue weighted by molar-refractivity contribution is 5.72. The highest BCUT2D eigenvalue weighted by Crippen LogP contribution is 2.23. The summed E-state index contributed by atoms with van der Waals surface area (Å²) in [5, 5.41) is 13.3. The summed E-state index contributed by atoms with van der Waals surface area (Å²) in [7, 11) is 0. The Morgan fingerprint density at radius 1 is 1.18 bits per heavy atom. The molecule has 0 aliphatic heterocycles. The molecule has 1 unspecified atom stereocenters. The maximum absolute atomic E-state index is 13.1. The molecule has 0 spiro atoms. The molecule has 12 heteroatoms. The Morgan fingerprint density at radius 3 is 2.79 bits per heavy atom. The zero-order chi connectivity index (χ0) is 19.7. The fraction of sp³-hybridized carbons (Fsp3) is 0.188. The average Bonchev–Trinajstić information content (AvgIpc) is 3.28. The molecule has 144 valence electrons. The highest BCUT2D eigenvalue weighted by atomic mass is 19.3. The minimum Gasteiger partial charge on any atom is -0.415 e. The average molecular weight is 390 g/mol. The molecule has 4 aromatic rings. The fourth-order valence-corrected chi connectivity index (χ4v) is 2.58. The summed E-state index contributed by atoms with van der Waals surface area (Å²) in [4.78, 5) is 12.8. The lowest BCUT2D eigenvalue weighted by Crippen LogP contribution is -2.11. The Balaban J connectivity index is 1.60. The third-order valence-corrected chi connectivity index (χ3v) is 3.87. The van der Waals surface area contributed by atoms with Crippen molar-refractivity contribution in [3.8, 4) is 5.88 Å². The number of rotatable bonds is 6. The van der Waals surface area contributed by atoms with Gasteiger partial charge in [0.15, 0.2) is 11.5 Å². The first kappa shape index (κ1) is 17.7. The first-order chi connectivity index (χ1) is 13.5. The second kappa shape index (κ2) is 7.13. The zero-order valence-corrected chi connectivity index (χ0v) is 14.3. The van der Waals surface area contributed by atoms with E-state index < -0.39 is 12.4 Å². The predicted octanol–water partition coefficient (Wildman–Crippen LogP) is 3.04. The van der Waals surface area contributed by atoms with Gasteiger partial charge in [0, 0.05) is 6.07 Å². The lowest BCUT2D eigenvalue weighted by Gasteiger charge is -2.12. The number of hydrogen-bond acceptors (Lipinski definition) is 7. The van der Waals surface area contributed by atoms with Crippen LogP contribution in [0.25, 0.3) is 11.2 Å². The van der Waals surface area contributed by atoms with Crippen molar-refractivity contribution in [3.05, 3.63) is 48.3 Å². The minimum atomic E-state index is -2.97. The predicted molar refractivity (Wildman–Crippen MR) is 91.8 cm³/mol. The molecule has 0 aliphatic rings. The van der Waals surface area contributed by atoms with Gasteiger partial charge in [-0.3, -0.25) is 10.1 Å². The van der Waals surface area contributed by atoms with Crippen LogP contribution in [0.1, 0.15) is 18.7 Å². The van der Waals surface area contributed by atoms with E-state index in [1.54, 1.807) is 16.9 Å². The molecule has 28 heavy (non-hydrogen) atoms. The lowest BCUT2D eigenvalue weighted by atomic mass is 10.2. The Hall–Kier alpha value is -3.70. The summed E-state index contributed by atoms with van der Waals surface area (Å²) < 4.78 is 43.4. The molecule has 0 saturated heterocycles. The number of aromatic amines is 1. The van der Waals surface area contributed by atoms with Crippen LogP contribution >= 0.6 is 0 Å². The fourth-order valence-electron chi connectivity index (χ4n) is 2.58. The molecule has 9 nitrogen and oxygen atoms in total. The van der Waals surface area contributed by atoms with Crippen molar-refractivity contribution in [2.24, 2.45) is 0 Å². The minimum absolute atomic E-state index is 0.257. The van der Waals surface area contributed by atoms with Gasteiger partial charge in [-0.05, 0) is 19.1 Å². The maximum Gasteiger partial charge on any atom is 0.388 e. The number of halogens is 3. The number of H-pyrrole nitrogens is 1. The van der Waals surface area contributed by atoms with Crippen molar-refractivity contribution < 1.29 is 17.9 Å². The molecule has 1 atom stereocenters. The van der Waals surface area contributed by atoms with Crippen molar-refractivity contribution in [3.63, 3.8) is 0 Å². The van der Waals surface area contributed by atoms with Crippen molar-refractivity contribution in [2.75, 3.05) is 5.32 Å². The number of ether oxygens (including phenoxy) is 1. The molecule has 4 heterocycles. The van der Waals surface area contributed by atoms with Crippen LogP contribution in [0.5, 0.6) is 5.88 Å². The van der Waals surface area contributed by atoms with Crippen molar-refractivity contribution >= 4 is 22.8 Å². The molecule has 0 radical (unpaired) electrons. The largest absolute Gasteiger partial charge is 0.415 e. The molecule has 4 aromatic heterocycles. The van der Waals surface area contributed by atoms with Gasteiger partial charge in [-0.25, -0.2) is 19.0 Å².